The number of carbonyl (C=O) groups is 1. The van der Waals surface area contributed by atoms with Gasteiger partial charge in [-0.3, -0.25) is 9.69 Å². The summed E-state index contributed by atoms with van der Waals surface area (Å²) in [5.41, 5.74) is 5.65. The number of nitrogens with one attached hydrogen (secondary N) is 1. The third kappa shape index (κ3) is 3.26. The van der Waals surface area contributed by atoms with Crippen LogP contribution in [0.5, 0.6) is 0 Å². The van der Waals surface area contributed by atoms with Crippen LogP contribution in [0.3, 0.4) is 0 Å². The number of carbonyl (C=O) groups excluding carboxylic acids is 1. The summed E-state index contributed by atoms with van der Waals surface area (Å²) in [7, 11) is 0. The van der Waals surface area contributed by atoms with E-state index >= 15 is 0 Å². The van der Waals surface area contributed by atoms with E-state index in [0.29, 0.717) is 12.5 Å². The van der Waals surface area contributed by atoms with Crippen molar-refractivity contribution in [1.29, 1.82) is 0 Å². The number of hydrogen-bond donors (Lipinski definition) is 1. The molecule has 2 aromatic rings. The number of likely N-dealkylation sites (tertiary alicyclic amines) is 1. The Morgan fingerprint density at radius 3 is 2.90 bits per heavy atom. The molecule has 0 spiro atoms. The van der Waals surface area contributed by atoms with Crippen LogP contribution in [-0.4, -0.2) is 43.3 Å². The van der Waals surface area contributed by atoms with Crippen molar-refractivity contribution >= 4 is 17.5 Å². The maximum absolute atomic E-state index is 12.4. The van der Waals surface area contributed by atoms with Crippen LogP contribution in [-0.2, 0) is 14.9 Å². The van der Waals surface area contributed by atoms with Gasteiger partial charge in [0.1, 0.15) is 6.61 Å². The van der Waals surface area contributed by atoms with E-state index in [4.69, 9.17) is 16.3 Å². The van der Waals surface area contributed by atoms with Crippen molar-refractivity contribution in [1.82, 2.24) is 10.2 Å². The van der Waals surface area contributed by atoms with Gasteiger partial charge in [0.05, 0.1) is 6.17 Å². The largest absolute Gasteiger partial charge is 0.372 e. The van der Waals surface area contributed by atoms with Crippen LogP contribution in [0.15, 0.2) is 42.5 Å². The fourth-order valence-electron chi connectivity index (χ4n) is 5.93. The zero-order chi connectivity index (χ0) is 20.7. The Morgan fingerprint density at radius 1 is 1.20 bits per heavy atom. The topological polar surface area (TPSA) is 41.6 Å². The van der Waals surface area contributed by atoms with Gasteiger partial charge < -0.3 is 10.1 Å². The molecular formula is C25H29ClN2O2. The number of nitrogens with zero attached hydrogens (tertiary/aromatic N) is 1. The highest BCUT2D eigenvalue weighted by Crippen LogP contribution is 2.60. The lowest BCUT2D eigenvalue weighted by molar-refractivity contribution is -0.128. The van der Waals surface area contributed by atoms with Crippen molar-refractivity contribution < 1.29 is 9.53 Å². The Labute approximate surface area is 183 Å². The molecule has 5 rings (SSSR count). The number of amides is 1. The Hall–Kier alpha value is -1.88. The average molecular weight is 425 g/mol. The Balaban J connectivity index is 1.47. The summed E-state index contributed by atoms with van der Waals surface area (Å²) in [6.07, 6.45) is 4.46. The molecule has 2 aromatic carbocycles. The van der Waals surface area contributed by atoms with E-state index in [1.807, 2.05) is 13.0 Å². The van der Waals surface area contributed by atoms with Crippen LogP contribution in [0.1, 0.15) is 60.8 Å². The third-order valence-corrected chi connectivity index (χ3v) is 7.40. The van der Waals surface area contributed by atoms with E-state index in [1.165, 1.54) is 28.7 Å². The van der Waals surface area contributed by atoms with Gasteiger partial charge in [0, 0.05) is 36.1 Å². The van der Waals surface area contributed by atoms with Crippen molar-refractivity contribution in [2.45, 2.75) is 50.1 Å². The van der Waals surface area contributed by atoms with Gasteiger partial charge in [-0.15, -0.1) is 0 Å². The molecule has 158 valence electrons. The van der Waals surface area contributed by atoms with Crippen LogP contribution >= 0.6 is 11.6 Å². The van der Waals surface area contributed by atoms with Gasteiger partial charge in [-0.2, -0.15) is 0 Å². The molecule has 1 heterocycles. The fourth-order valence-corrected chi connectivity index (χ4v) is 6.10. The molecule has 30 heavy (non-hydrogen) atoms. The molecule has 1 fully saturated rings. The van der Waals surface area contributed by atoms with Gasteiger partial charge in [0.2, 0.25) is 5.91 Å². The summed E-state index contributed by atoms with van der Waals surface area (Å²) in [5.74, 6) is 0.426. The van der Waals surface area contributed by atoms with E-state index in [9.17, 15) is 4.79 Å². The van der Waals surface area contributed by atoms with Gasteiger partial charge in [-0.05, 0) is 67.0 Å². The molecule has 1 unspecified atom stereocenters. The smallest absolute Gasteiger partial charge is 0.247 e. The molecule has 1 aliphatic heterocycles. The minimum Gasteiger partial charge on any atom is -0.372 e. The Bertz CT molecular complexity index is 962. The molecule has 0 saturated carbocycles. The average Bonchev–Trinajstić information content (AvgIpc) is 3.25. The van der Waals surface area contributed by atoms with Crippen molar-refractivity contribution in [3.8, 4) is 0 Å². The highest BCUT2D eigenvalue weighted by molar-refractivity contribution is 6.30. The van der Waals surface area contributed by atoms with Crippen LogP contribution in [0, 0.1) is 0 Å². The zero-order valence-electron chi connectivity index (χ0n) is 17.5. The summed E-state index contributed by atoms with van der Waals surface area (Å²) < 4.78 is 5.31. The molecule has 0 radical (unpaired) electrons. The summed E-state index contributed by atoms with van der Waals surface area (Å²) in [6.45, 7) is 4.52. The van der Waals surface area contributed by atoms with Gasteiger partial charge in [-0.25, -0.2) is 0 Å². The number of halogens is 1. The molecular weight excluding hydrogens is 396 g/mol. The van der Waals surface area contributed by atoms with Gasteiger partial charge in [0.25, 0.3) is 0 Å². The van der Waals surface area contributed by atoms with Crippen molar-refractivity contribution in [2.24, 2.45) is 0 Å². The van der Waals surface area contributed by atoms with Crippen LogP contribution < -0.4 is 5.32 Å². The summed E-state index contributed by atoms with van der Waals surface area (Å²) in [4.78, 5) is 14.9. The minimum atomic E-state index is -0.0538. The lowest BCUT2D eigenvalue weighted by atomic mass is 9.74. The van der Waals surface area contributed by atoms with Crippen LogP contribution in [0.2, 0.25) is 5.02 Å². The van der Waals surface area contributed by atoms with Crippen molar-refractivity contribution in [3.05, 3.63) is 69.7 Å². The number of ether oxygens (including phenoxy) is 1. The predicted octanol–water partition coefficient (Wildman–Crippen LogP) is 4.44. The quantitative estimate of drug-likeness (QED) is 0.745. The lowest BCUT2D eigenvalue weighted by Crippen LogP contribution is -2.55. The van der Waals surface area contributed by atoms with E-state index in [-0.39, 0.29) is 24.1 Å². The predicted molar refractivity (Wildman–Crippen MR) is 119 cm³/mol. The second-order valence-electron chi connectivity index (χ2n) is 8.84. The first-order valence-corrected chi connectivity index (χ1v) is 11.5. The monoisotopic (exact) mass is 424 g/mol. The fraction of sp³-hybridized carbons (Fsp3) is 0.480. The molecule has 4 nitrogen and oxygen atoms in total. The standard InChI is InChI=1S/C25H29ClN2O2/c1-2-30-15-24(29)27-23-9-5-6-12-28(23)16-25-14-20(18-7-3-4-8-21(18)25)19-11-10-17(26)13-22(19)25/h3-4,7-8,10-11,13,20,23H,2,5-6,9,12,14-16H2,1H3,(H,27,29)/t20-,23?,25-/m0/s1. The first-order chi connectivity index (χ1) is 14.6. The summed E-state index contributed by atoms with van der Waals surface area (Å²) in [5, 5.41) is 4.03. The summed E-state index contributed by atoms with van der Waals surface area (Å²) >= 11 is 6.45. The van der Waals surface area contributed by atoms with E-state index in [0.717, 1.165) is 37.4 Å². The molecule has 2 bridgehead atoms. The highest BCUT2D eigenvalue weighted by Gasteiger charge is 2.53. The molecule has 2 aliphatic carbocycles. The minimum absolute atomic E-state index is 0.0224. The molecule has 5 heteroatoms. The van der Waals surface area contributed by atoms with Gasteiger partial charge in [-0.1, -0.05) is 41.9 Å². The maximum atomic E-state index is 12.4. The lowest BCUT2D eigenvalue weighted by Gasteiger charge is -2.42. The normalized spacial score (nSPS) is 27.0. The number of hydrogen-bond acceptors (Lipinski definition) is 3. The second kappa shape index (κ2) is 7.99. The van der Waals surface area contributed by atoms with E-state index < -0.39 is 0 Å². The highest BCUT2D eigenvalue weighted by atomic mass is 35.5. The van der Waals surface area contributed by atoms with Crippen molar-refractivity contribution in [2.75, 3.05) is 26.3 Å². The SMILES string of the molecule is CCOCC(=O)NC1CCCCN1C[C@@]12C[C@@H](c3ccccc31)c1ccc(Cl)cc12. The molecule has 0 aromatic heterocycles. The van der Waals surface area contributed by atoms with E-state index in [1.54, 1.807) is 0 Å². The van der Waals surface area contributed by atoms with Gasteiger partial charge >= 0.3 is 0 Å². The number of benzene rings is 2. The first-order valence-electron chi connectivity index (χ1n) is 11.1. The molecule has 1 amide bonds. The first kappa shape index (κ1) is 20.0. The molecule has 1 saturated heterocycles. The number of piperidine rings is 1. The third-order valence-electron chi connectivity index (χ3n) is 7.16. The zero-order valence-corrected chi connectivity index (χ0v) is 18.3. The summed E-state index contributed by atoms with van der Waals surface area (Å²) in [6, 6.07) is 15.3. The van der Waals surface area contributed by atoms with Crippen LogP contribution in [0.25, 0.3) is 0 Å². The number of fused-ring (bicyclic) bond motifs is 8. The Morgan fingerprint density at radius 2 is 2.03 bits per heavy atom. The maximum Gasteiger partial charge on any atom is 0.247 e. The molecule has 3 aliphatic rings. The second-order valence-corrected chi connectivity index (χ2v) is 9.28. The molecule has 3 atom stereocenters. The van der Waals surface area contributed by atoms with Crippen molar-refractivity contribution in [3.63, 3.8) is 0 Å². The Kier molecular flexibility index (Phi) is 5.34. The van der Waals surface area contributed by atoms with Crippen LogP contribution in [0.4, 0.5) is 0 Å². The number of rotatable bonds is 6. The van der Waals surface area contributed by atoms with E-state index in [2.05, 4.69) is 46.6 Å². The molecule has 1 N–H and O–H groups in total. The van der Waals surface area contributed by atoms with Gasteiger partial charge in [0.15, 0.2) is 0 Å².